The topological polar surface area (TPSA) is 67.6 Å². The van der Waals surface area contributed by atoms with Crippen LogP contribution < -0.4 is 10.2 Å². The molecule has 0 saturated carbocycles. The fourth-order valence-corrected chi connectivity index (χ4v) is 2.35. The van der Waals surface area contributed by atoms with Gasteiger partial charge < -0.3 is 19.5 Å². The molecular weight excluding hydrogens is 270 g/mol. The number of hydrogen-bond acceptors (Lipinski definition) is 5. The number of carbonyl (C=O) groups is 1. The van der Waals surface area contributed by atoms with Crippen LogP contribution in [0.3, 0.4) is 0 Å². The number of benzene rings is 1. The Hall–Kier alpha value is -2.34. The van der Waals surface area contributed by atoms with E-state index < -0.39 is 0 Å². The maximum atomic E-state index is 12.4. The molecule has 0 unspecified atom stereocenters. The first-order valence-corrected chi connectivity index (χ1v) is 6.90. The van der Waals surface area contributed by atoms with E-state index >= 15 is 0 Å². The van der Waals surface area contributed by atoms with Crippen LogP contribution in [0.25, 0.3) is 0 Å². The number of para-hydroxylation sites is 1. The van der Waals surface area contributed by atoms with Gasteiger partial charge in [-0.1, -0.05) is 17.3 Å². The van der Waals surface area contributed by atoms with E-state index in [2.05, 4.69) is 15.4 Å². The number of ether oxygens (including phenoxy) is 1. The molecule has 1 amide bonds. The van der Waals surface area contributed by atoms with E-state index in [0.29, 0.717) is 30.4 Å². The molecule has 1 aliphatic heterocycles. The Morgan fingerprint density at radius 3 is 2.76 bits per heavy atom. The van der Waals surface area contributed by atoms with Crippen molar-refractivity contribution in [3.05, 3.63) is 41.7 Å². The van der Waals surface area contributed by atoms with Gasteiger partial charge in [0.25, 0.3) is 5.91 Å². The molecule has 2 aromatic rings. The molecule has 1 N–H and O–H groups in total. The summed E-state index contributed by atoms with van der Waals surface area (Å²) in [5.41, 5.74) is 1.54. The number of nitrogens with zero attached hydrogens (tertiary/aromatic N) is 2. The van der Waals surface area contributed by atoms with Crippen molar-refractivity contribution < 1.29 is 14.1 Å². The zero-order chi connectivity index (χ0) is 14.7. The van der Waals surface area contributed by atoms with Crippen molar-refractivity contribution in [3.8, 4) is 0 Å². The van der Waals surface area contributed by atoms with Crippen LogP contribution in [-0.4, -0.2) is 37.4 Å². The Bertz CT molecular complexity index is 633. The van der Waals surface area contributed by atoms with Crippen molar-refractivity contribution in [2.45, 2.75) is 6.92 Å². The summed E-state index contributed by atoms with van der Waals surface area (Å²) in [6, 6.07) is 9.24. The Morgan fingerprint density at radius 1 is 1.29 bits per heavy atom. The van der Waals surface area contributed by atoms with Crippen LogP contribution in [-0.2, 0) is 4.74 Å². The highest BCUT2D eigenvalue weighted by Crippen LogP contribution is 2.22. The number of rotatable bonds is 3. The number of aromatic nitrogens is 1. The van der Waals surface area contributed by atoms with Gasteiger partial charge >= 0.3 is 0 Å². The summed E-state index contributed by atoms with van der Waals surface area (Å²) in [6.45, 7) is 4.71. The van der Waals surface area contributed by atoms with Crippen molar-refractivity contribution in [1.82, 2.24) is 5.16 Å². The lowest BCUT2D eigenvalue weighted by atomic mass is 10.1. The minimum absolute atomic E-state index is 0.189. The second-order valence-corrected chi connectivity index (χ2v) is 4.89. The number of anilines is 2. The number of hydrogen-bond donors (Lipinski definition) is 1. The molecule has 0 bridgehead atoms. The molecule has 0 spiro atoms. The summed E-state index contributed by atoms with van der Waals surface area (Å²) in [5, 5.41) is 6.54. The zero-order valence-corrected chi connectivity index (χ0v) is 11.8. The summed E-state index contributed by atoms with van der Waals surface area (Å²) in [5.74, 6) is 0.895. The van der Waals surface area contributed by atoms with E-state index in [1.54, 1.807) is 13.0 Å². The Balaban J connectivity index is 1.82. The summed E-state index contributed by atoms with van der Waals surface area (Å²) >= 11 is 0. The minimum atomic E-state index is -0.189. The molecule has 0 atom stereocenters. The molecule has 1 aliphatic rings. The van der Waals surface area contributed by atoms with Crippen molar-refractivity contribution in [1.29, 1.82) is 0 Å². The zero-order valence-electron chi connectivity index (χ0n) is 11.8. The Kier molecular flexibility index (Phi) is 3.87. The fourth-order valence-electron chi connectivity index (χ4n) is 2.35. The van der Waals surface area contributed by atoms with Gasteiger partial charge in [-0.15, -0.1) is 0 Å². The lowest BCUT2D eigenvalue weighted by Gasteiger charge is -2.30. The highest BCUT2D eigenvalue weighted by Gasteiger charge is 2.19. The minimum Gasteiger partial charge on any atom is -0.378 e. The molecule has 0 aliphatic carbocycles. The summed E-state index contributed by atoms with van der Waals surface area (Å²) < 4.78 is 10.3. The number of carbonyl (C=O) groups excluding carboxylic acids is 1. The van der Waals surface area contributed by atoms with Crippen molar-refractivity contribution in [2.75, 3.05) is 36.5 Å². The third kappa shape index (κ3) is 3.05. The SMILES string of the molecule is Cc1cc(NC(=O)c2ccccc2N2CCOCC2)no1. The van der Waals surface area contributed by atoms with Gasteiger partial charge in [0, 0.05) is 24.8 Å². The third-order valence-corrected chi connectivity index (χ3v) is 3.37. The van der Waals surface area contributed by atoms with Gasteiger partial charge in [0.1, 0.15) is 5.76 Å². The van der Waals surface area contributed by atoms with Crippen LogP contribution in [0.4, 0.5) is 11.5 Å². The predicted octanol–water partition coefficient (Wildman–Crippen LogP) is 2.07. The molecule has 110 valence electrons. The second-order valence-electron chi connectivity index (χ2n) is 4.89. The first kappa shape index (κ1) is 13.6. The molecule has 6 nitrogen and oxygen atoms in total. The van der Waals surface area contributed by atoms with E-state index in [1.165, 1.54) is 0 Å². The van der Waals surface area contributed by atoms with Gasteiger partial charge in [0.2, 0.25) is 0 Å². The molecular formula is C15H17N3O3. The standard InChI is InChI=1S/C15H17N3O3/c1-11-10-14(17-21-11)16-15(19)12-4-2-3-5-13(12)18-6-8-20-9-7-18/h2-5,10H,6-9H2,1H3,(H,16,17,19). The molecule has 3 rings (SSSR count). The molecule has 1 aromatic heterocycles. The number of aryl methyl sites for hydroxylation is 1. The average Bonchev–Trinajstić information content (AvgIpc) is 2.93. The molecule has 1 aromatic carbocycles. The van der Waals surface area contributed by atoms with Gasteiger partial charge in [0.15, 0.2) is 5.82 Å². The summed E-state index contributed by atoms with van der Waals surface area (Å²) in [6.07, 6.45) is 0. The van der Waals surface area contributed by atoms with E-state index in [4.69, 9.17) is 9.26 Å². The Labute approximate surface area is 122 Å². The van der Waals surface area contributed by atoms with Crippen molar-refractivity contribution in [2.24, 2.45) is 0 Å². The van der Waals surface area contributed by atoms with Gasteiger partial charge in [-0.05, 0) is 19.1 Å². The second kappa shape index (κ2) is 5.97. The van der Waals surface area contributed by atoms with Crippen molar-refractivity contribution >= 4 is 17.4 Å². The maximum absolute atomic E-state index is 12.4. The van der Waals surface area contributed by atoms with E-state index in [-0.39, 0.29) is 5.91 Å². The van der Waals surface area contributed by atoms with Crippen LogP contribution in [0.2, 0.25) is 0 Å². The lowest BCUT2D eigenvalue weighted by Crippen LogP contribution is -2.37. The van der Waals surface area contributed by atoms with Crippen molar-refractivity contribution in [3.63, 3.8) is 0 Å². The molecule has 0 radical (unpaired) electrons. The number of amides is 1. The predicted molar refractivity (Wildman–Crippen MR) is 78.7 cm³/mol. The van der Waals surface area contributed by atoms with Gasteiger partial charge in [-0.3, -0.25) is 4.79 Å². The monoisotopic (exact) mass is 287 g/mol. The molecule has 1 saturated heterocycles. The first-order valence-electron chi connectivity index (χ1n) is 6.90. The quantitative estimate of drug-likeness (QED) is 0.936. The van der Waals surface area contributed by atoms with Crippen LogP contribution in [0.5, 0.6) is 0 Å². The van der Waals surface area contributed by atoms with Crippen LogP contribution in [0.1, 0.15) is 16.1 Å². The molecule has 21 heavy (non-hydrogen) atoms. The number of morpholine rings is 1. The normalized spacial score (nSPS) is 15.0. The lowest BCUT2D eigenvalue weighted by molar-refractivity contribution is 0.102. The summed E-state index contributed by atoms with van der Waals surface area (Å²) in [4.78, 5) is 14.6. The molecule has 6 heteroatoms. The molecule has 1 fully saturated rings. The van der Waals surface area contributed by atoms with Gasteiger partial charge in [0.05, 0.1) is 18.8 Å². The van der Waals surface area contributed by atoms with Crippen LogP contribution in [0, 0.1) is 6.92 Å². The fraction of sp³-hybridized carbons (Fsp3) is 0.333. The average molecular weight is 287 g/mol. The third-order valence-electron chi connectivity index (χ3n) is 3.37. The van der Waals surface area contributed by atoms with E-state index in [1.807, 2.05) is 24.3 Å². The largest absolute Gasteiger partial charge is 0.378 e. The number of nitrogens with one attached hydrogen (secondary N) is 1. The van der Waals surface area contributed by atoms with Gasteiger partial charge in [-0.25, -0.2) is 0 Å². The molecule has 2 heterocycles. The Morgan fingerprint density at radius 2 is 2.05 bits per heavy atom. The first-order chi connectivity index (χ1) is 10.2. The smallest absolute Gasteiger partial charge is 0.259 e. The van der Waals surface area contributed by atoms with Crippen LogP contribution in [0.15, 0.2) is 34.9 Å². The van der Waals surface area contributed by atoms with E-state index in [9.17, 15) is 4.79 Å². The summed E-state index contributed by atoms with van der Waals surface area (Å²) in [7, 11) is 0. The highest BCUT2D eigenvalue weighted by atomic mass is 16.5. The van der Waals surface area contributed by atoms with E-state index in [0.717, 1.165) is 18.8 Å². The highest BCUT2D eigenvalue weighted by molar-refractivity contribution is 6.07. The van der Waals surface area contributed by atoms with Crippen LogP contribution >= 0.6 is 0 Å². The maximum Gasteiger partial charge on any atom is 0.259 e. The van der Waals surface area contributed by atoms with Gasteiger partial charge in [-0.2, -0.15) is 0 Å².